The lowest BCUT2D eigenvalue weighted by Crippen LogP contribution is -2.27. The van der Waals surface area contributed by atoms with E-state index < -0.39 is 0 Å². The molecule has 8 heteroatoms. The van der Waals surface area contributed by atoms with Gasteiger partial charge in [-0.3, -0.25) is 14.7 Å². The van der Waals surface area contributed by atoms with Crippen LogP contribution in [0.25, 0.3) is 10.2 Å². The Balaban J connectivity index is 1.41. The van der Waals surface area contributed by atoms with Gasteiger partial charge in [0, 0.05) is 29.5 Å². The third-order valence-corrected chi connectivity index (χ3v) is 5.68. The number of hydrogen-bond donors (Lipinski definition) is 3. The van der Waals surface area contributed by atoms with E-state index in [4.69, 9.17) is 0 Å². The first-order chi connectivity index (χ1) is 12.0. The standard InChI is InChI=1S/C17H19N5O2S/c1-8-9(2)25-17-14(8)16(24)19-13(20-17)5-6-18-15(23)12-7-11(21-22-12)10-3-4-10/h7,10H,3-6H2,1-2H3,(H,18,23)(H,21,22)(H,19,20,24). The fourth-order valence-electron chi connectivity index (χ4n) is 2.86. The number of nitrogens with zero attached hydrogens (tertiary/aromatic N) is 2. The Bertz CT molecular complexity index is 1010. The predicted octanol–water partition coefficient (Wildman–Crippen LogP) is 2.17. The maximum atomic E-state index is 12.2. The SMILES string of the molecule is Cc1sc2nc(CCNC(=O)c3cc(C4CC4)[nH]n3)[nH]c(=O)c2c1C. The van der Waals surface area contributed by atoms with Crippen LogP contribution in [0.15, 0.2) is 10.9 Å². The molecular formula is C17H19N5O2S. The van der Waals surface area contributed by atoms with Gasteiger partial charge in [-0.05, 0) is 38.3 Å². The highest BCUT2D eigenvalue weighted by molar-refractivity contribution is 7.18. The number of carbonyl (C=O) groups excluding carboxylic acids is 1. The van der Waals surface area contributed by atoms with E-state index in [-0.39, 0.29) is 11.5 Å². The minimum Gasteiger partial charge on any atom is -0.350 e. The summed E-state index contributed by atoms with van der Waals surface area (Å²) in [4.78, 5) is 33.5. The third kappa shape index (κ3) is 3.09. The fourth-order valence-corrected chi connectivity index (χ4v) is 3.91. The van der Waals surface area contributed by atoms with Crippen LogP contribution in [0.4, 0.5) is 0 Å². The largest absolute Gasteiger partial charge is 0.350 e. The minimum absolute atomic E-state index is 0.116. The molecule has 1 fully saturated rings. The Morgan fingerprint density at radius 1 is 1.40 bits per heavy atom. The minimum atomic E-state index is -0.214. The zero-order valence-electron chi connectivity index (χ0n) is 14.1. The third-order valence-electron chi connectivity index (χ3n) is 4.58. The molecule has 0 bridgehead atoms. The second-order valence-electron chi connectivity index (χ2n) is 6.46. The zero-order chi connectivity index (χ0) is 17.6. The number of fused-ring (bicyclic) bond motifs is 1. The number of H-pyrrole nitrogens is 2. The Hall–Kier alpha value is -2.48. The summed E-state index contributed by atoms with van der Waals surface area (Å²) in [5, 5.41) is 10.5. The Morgan fingerprint density at radius 3 is 2.96 bits per heavy atom. The number of nitrogens with one attached hydrogen (secondary N) is 3. The van der Waals surface area contributed by atoms with E-state index in [0.29, 0.717) is 35.8 Å². The topological polar surface area (TPSA) is 104 Å². The van der Waals surface area contributed by atoms with Gasteiger partial charge in [-0.25, -0.2) is 4.98 Å². The van der Waals surface area contributed by atoms with Crippen LogP contribution in [0, 0.1) is 13.8 Å². The highest BCUT2D eigenvalue weighted by Crippen LogP contribution is 2.38. The van der Waals surface area contributed by atoms with Crippen LogP contribution in [-0.2, 0) is 6.42 Å². The van der Waals surface area contributed by atoms with Crippen molar-refractivity contribution in [2.45, 2.75) is 39.0 Å². The van der Waals surface area contributed by atoms with Gasteiger partial charge in [0.25, 0.3) is 11.5 Å². The molecule has 0 atom stereocenters. The molecule has 4 rings (SSSR count). The van der Waals surface area contributed by atoms with Gasteiger partial charge in [0.2, 0.25) is 0 Å². The summed E-state index contributed by atoms with van der Waals surface area (Å²) in [5.74, 6) is 0.905. The van der Waals surface area contributed by atoms with Crippen molar-refractivity contribution in [3.8, 4) is 0 Å². The van der Waals surface area contributed by atoms with Crippen LogP contribution in [0.5, 0.6) is 0 Å². The molecule has 3 aromatic rings. The van der Waals surface area contributed by atoms with Crippen molar-refractivity contribution < 1.29 is 4.79 Å². The van der Waals surface area contributed by atoms with E-state index in [1.165, 1.54) is 11.3 Å². The molecular weight excluding hydrogens is 338 g/mol. The first-order valence-electron chi connectivity index (χ1n) is 8.35. The van der Waals surface area contributed by atoms with Crippen molar-refractivity contribution in [3.63, 3.8) is 0 Å². The Labute approximate surface area is 147 Å². The molecule has 0 aromatic carbocycles. The normalized spacial score (nSPS) is 14.2. The molecule has 1 aliphatic carbocycles. The van der Waals surface area contributed by atoms with Crippen LogP contribution in [-0.4, -0.2) is 32.6 Å². The average molecular weight is 357 g/mol. The van der Waals surface area contributed by atoms with Gasteiger partial charge in [-0.15, -0.1) is 11.3 Å². The molecule has 1 aliphatic rings. The lowest BCUT2D eigenvalue weighted by atomic mass is 10.2. The van der Waals surface area contributed by atoms with E-state index in [1.54, 1.807) is 0 Å². The van der Waals surface area contributed by atoms with Gasteiger partial charge >= 0.3 is 0 Å². The molecule has 0 radical (unpaired) electrons. The second kappa shape index (κ2) is 6.11. The number of thiophene rings is 1. The van der Waals surface area contributed by atoms with E-state index >= 15 is 0 Å². The Morgan fingerprint density at radius 2 is 2.20 bits per heavy atom. The van der Waals surface area contributed by atoms with Crippen LogP contribution in [0.1, 0.15) is 51.2 Å². The summed E-state index contributed by atoms with van der Waals surface area (Å²) in [5.41, 5.74) is 2.31. The Kier molecular flexibility index (Phi) is 3.91. The smallest absolute Gasteiger partial charge is 0.271 e. The molecule has 0 unspecified atom stereocenters. The van der Waals surface area contributed by atoms with Crippen LogP contribution in [0.3, 0.4) is 0 Å². The van der Waals surface area contributed by atoms with Gasteiger partial charge in [0.05, 0.1) is 5.39 Å². The fraction of sp³-hybridized carbons (Fsp3) is 0.412. The van der Waals surface area contributed by atoms with Crippen LogP contribution >= 0.6 is 11.3 Å². The highest BCUT2D eigenvalue weighted by atomic mass is 32.1. The average Bonchev–Trinajstić information content (AvgIpc) is 3.22. The monoisotopic (exact) mass is 357 g/mol. The first-order valence-corrected chi connectivity index (χ1v) is 9.17. The van der Waals surface area contributed by atoms with Gasteiger partial charge < -0.3 is 10.3 Å². The van der Waals surface area contributed by atoms with Crippen molar-refractivity contribution in [1.82, 2.24) is 25.5 Å². The summed E-state index contributed by atoms with van der Waals surface area (Å²) in [7, 11) is 0. The molecule has 3 heterocycles. The van der Waals surface area contributed by atoms with Crippen molar-refractivity contribution >= 4 is 27.5 Å². The maximum Gasteiger partial charge on any atom is 0.271 e. The lowest BCUT2D eigenvalue weighted by molar-refractivity contribution is 0.0949. The van der Waals surface area contributed by atoms with Crippen molar-refractivity contribution in [2.75, 3.05) is 6.54 Å². The second-order valence-corrected chi connectivity index (χ2v) is 7.67. The van der Waals surface area contributed by atoms with Gasteiger partial charge in [-0.1, -0.05) is 0 Å². The molecule has 1 amide bonds. The van der Waals surface area contributed by atoms with Gasteiger partial charge in [0.15, 0.2) is 0 Å². The molecule has 0 spiro atoms. The number of aromatic nitrogens is 4. The summed E-state index contributed by atoms with van der Waals surface area (Å²) in [6, 6.07) is 1.82. The predicted molar refractivity (Wildman–Crippen MR) is 96.3 cm³/mol. The molecule has 1 saturated carbocycles. The van der Waals surface area contributed by atoms with Gasteiger partial charge in [0.1, 0.15) is 16.3 Å². The molecule has 0 aliphatic heterocycles. The van der Waals surface area contributed by atoms with E-state index in [0.717, 1.165) is 33.8 Å². The molecule has 3 aromatic heterocycles. The molecule has 25 heavy (non-hydrogen) atoms. The summed E-state index contributed by atoms with van der Waals surface area (Å²) in [6.07, 6.45) is 2.78. The van der Waals surface area contributed by atoms with Crippen molar-refractivity contribution in [3.05, 3.63) is 44.1 Å². The molecule has 0 saturated heterocycles. The highest BCUT2D eigenvalue weighted by Gasteiger charge is 2.26. The summed E-state index contributed by atoms with van der Waals surface area (Å²) in [6.45, 7) is 4.31. The van der Waals surface area contributed by atoms with E-state index in [2.05, 4.69) is 25.5 Å². The number of hydrogen-bond acceptors (Lipinski definition) is 5. The molecule has 7 nitrogen and oxygen atoms in total. The molecule has 130 valence electrons. The van der Waals surface area contributed by atoms with Crippen LogP contribution < -0.4 is 10.9 Å². The lowest BCUT2D eigenvalue weighted by Gasteiger charge is -2.03. The number of amides is 1. The number of aryl methyl sites for hydroxylation is 2. The molecule has 3 N–H and O–H groups in total. The van der Waals surface area contributed by atoms with Crippen molar-refractivity contribution in [2.24, 2.45) is 0 Å². The van der Waals surface area contributed by atoms with Gasteiger partial charge in [-0.2, -0.15) is 5.10 Å². The van der Waals surface area contributed by atoms with Crippen molar-refractivity contribution in [1.29, 1.82) is 0 Å². The number of carbonyl (C=O) groups is 1. The quantitative estimate of drug-likeness (QED) is 0.651. The summed E-state index contributed by atoms with van der Waals surface area (Å²) < 4.78 is 0. The maximum absolute atomic E-state index is 12.2. The van der Waals surface area contributed by atoms with E-state index in [9.17, 15) is 9.59 Å². The van der Waals surface area contributed by atoms with Crippen LogP contribution in [0.2, 0.25) is 0 Å². The number of rotatable bonds is 5. The summed E-state index contributed by atoms with van der Waals surface area (Å²) >= 11 is 1.52. The first kappa shape index (κ1) is 16.0. The number of aromatic amines is 2. The zero-order valence-corrected chi connectivity index (χ0v) is 14.9. The van der Waals surface area contributed by atoms with E-state index in [1.807, 2.05) is 19.9 Å².